The van der Waals surface area contributed by atoms with Crippen LogP contribution in [0.15, 0.2) is 12.3 Å². The van der Waals surface area contributed by atoms with E-state index < -0.39 is 0 Å². The molecule has 0 saturated carbocycles. The van der Waals surface area contributed by atoms with E-state index in [0.717, 1.165) is 37.7 Å². The molecule has 0 bridgehead atoms. The molecule has 5 nitrogen and oxygen atoms in total. The van der Waals surface area contributed by atoms with Gasteiger partial charge in [0.15, 0.2) is 0 Å². The van der Waals surface area contributed by atoms with Gasteiger partial charge in [-0.1, -0.05) is 12.8 Å². The van der Waals surface area contributed by atoms with E-state index in [4.69, 9.17) is 5.73 Å². The predicted octanol–water partition coefficient (Wildman–Crippen LogP) is 1.47. The lowest BCUT2D eigenvalue weighted by molar-refractivity contribution is 0.661. The molecule has 0 fully saturated rings. The lowest BCUT2D eigenvalue weighted by Gasteiger charge is -2.11. The summed E-state index contributed by atoms with van der Waals surface area (Å²) >= 11 is 0. The van der Waals surface area contributed by atoms with Crippen LogP contribution in [0.3, 0.4) is 0 Å². The fourth-order valence-corrected chi connectivity index (χ4v) is 1.50. The second-order valence-corrected chi connectivity index (χ2v) is 4.27. The molecule has 1 rings (SSSR count). The van der Waals surface area contributed by atoms with Crippen LogP contribution in [0.1, 0.15) is 25.7 Å². The highest BCUT2D eigenvalue weighted by molar-refractivity contribution is 5.40. The summed E-state index contributed by atoms with van der Waals surface area (Å²) in [5, 5.41) is 3.31. The molecule has 0 saturated heterocycles. The number of anilines is 2. The van der Waals surface area contributed by atoms with E-state index >= 15 is 0 Å². The van der Waals surface area contributed by atoms with Crippen LogP contribution >= 0.6 is 0 Å². The molecular weight excluding hydrogens is 214 g/mol. The van der Waals surface area contributed by atoms with Crippen LogP contribution < -0.4 is 16.0 Å². The topological polar surface area (TPSA) is 67.1 Å². The van der Waals surface area contributed by atoms with Crippen LogP contribution in [0, 0.1) is 0 Å². The number of rotatable bonds is 8. The van der Waals surface area contributed by atoms with Gasteiger partial charge >= 0.3 is 0 Å². The largest absolute Gasteiger partial charge is 0.370 e. The van der Waals surface area contributed by atoms with Crippen molar-refractivity contribution in [3.8, 4) is 0 Å². The van der Waals surface area contributed by atoms with Crippen LogP contribution in [0.4, 0.5) is 11.8 Å². The number of hydrogen-bond acceptors (Lipinski definition) is 5. The van der Waals surface area contributed by atoms with Crippen molar-refractivity contribution in [3.05, 3.63) is 12.3 Å². The van der Waals surface area contributed by atoms with E-state index in [1.54, 1.807) is 6.20 Å². The Labute approximate surface area is 103 Å². The molecule has 1 aromatic heterocycles. The van der Waals surface area contributed by atoms with E-state index in [-0.39, 0.29) is 0 Å². The standard InChI is InChI=1S/C12H23N5/c1-17(2)12-15-10-7-11(16-12)14-9-6-4-3-5-8-13/h7,10H,3-6,8-9,13H2,1-2H3,(H,14,15,16). The zero-order valence-corrected chi connectivity index (χ0v) is 10.8. The predicted molar refractivity (Wildman–Crippen MR) is 72.4 cm³/mol. The fraction of sp³-hybridized carbons (Fsp3) is 0.667. The maximum atomic E-state index is 5.44. The van der Waals surface area contributed by atoms with Gasteiger partial charge in [0.1, 0.15) is 5.82 Å². The highest BCUT2D eigenvalue weighted by Gasteiger charge is 1.99. The number of nitrogens with two attached hydrogens (primary N) is 1. The van der Waals surface area contributed by atoms with E-state index in [0.29, 0.717) is 0 Å². The quantitative estimate of drug-likeness (QED) is 0.670. The number of nitrogens with one attached hydrogen (secondary N) is 1. The van der Waals surface area contributed by atoms with Gasteiger partial charge in [-0.2, -0.15) is 4.98 Å². The van der Waals surface area contributed by atoms with Crippen LogP contribution in [0.25, 0.3) is 0 Å². The van der Waals surface area contributed by atoms with Gasteiger partial charge in [-0.3, -0.25) is 0 Å². The van der Waals surface area contributed by atoms with Crippen LogP contribution in [-0.2, 0) is 0 Å². The second-order valence-electron chi connectivity index (χ2n) is 4.27. The van der Waals surface area contributed by atoms with E-state index in [2.05, 4.69) is 15.3 Å². The Morgan fingerprint density at radius 3 is 2.71 bits per heavy atom. The van der Waals surface area contributed by atoms with Gasteiger partial charge in [0.2, 0.25) is 5.95 Å². The molecule has 3 N–H and O–H groups in total. The Bertz CT molecular complexity index is 314. The van der Waals surface area contributed by atoms with Gasteiger partial charge in [-0.25, -0.2) is 4.98 Å². The Balaban J connectivity index is 2.24. The lowest BCUT2D eigenvalue weighted by Crippen LogP contribution is -2.14. The first-order valence-electron chi connectivity index (χ1n) is 6.18. The maximum absolute atomic E-state index is 5.44. The van der Waals surface area contributed by atoms with E-state index in [9.17, 15) is 0 Å². The molecule has 0 aromatic carbocycles. The van der Waals surface area contributed by atoms with Crippen molar-refractivity contribution in [2.75, 3.05) is 37.4 Å². The lowest BCUT2D eigenvalue weighted by atomic mass is 10.2. The maximum Gasteiger partial charge on any atom is 0.226 e. The molecule has 17 heavy (non-hydrogen) atoms. The first-order chi connectivity index (χ1) is 8.24. The molecule has 0 unspecified atom stereocenters. The first kappa shape index (κ1) is 13.7. The van der Waals surface area contributed by atoms with Crippen LogP contribution in [-0.4, -0.2) is 37.2 Å². The van der Waals surface area contributed by atoms with E-state index in [1.165, 1.54) is 12.8 Å². The van der Waals surface area contributed by atoms with Gasteiger partial charge in [0.05, 0.1) is 0 Å². The molecule has 0 atom stereocenters. The molecule has 0 aliphatic carbocycles. The third-order valence-corrected chi connectivity index (χ3v) is 2.48. The summed E-state index contributed by atoms with van der Waals surface area (Å²) in [6, 6.07) is 1.90. The smallest absolute Gasteiger partial charge is 0.226 e. The summed E-state index contributed by atoms with van der Waals surface area (Å²) in [7, 11) is 3.87. The number of nitrogens with zero attached hydrogens (tertiary/aromatic N) is 3. The zero-order valence-electron chi connectivity index (χ0n) is 10.8. The minimum Gasteiger partial charge on any atom is -0.370 e. The van der Waals surface area contributed by atoms with Gasteiger partial charge in [-0.05, 0) is 25.5 Å². The Morgan fingerprint density at radius 1 is 1.24 bits per heavy atom. The fourth-order valence-electron chi connectivity index (χ4n) is 1.50. The second kappa shape index (κ2) is 7.84. The number of hydrogen-bond donors (Lipinski definition) is 2. The minimum atomic E-state index is 0.734. The molecular formula is C12H23N5. The average molecular weight is 237 g/mol. The molecule has 0 spiro atoms. The monoisotopic (exact) mass is 237 g/mol. The minimum absolute atomic E-state index is 0.734. The molecule has 5 heteroatoms. The van der Waals surface area contributed by atoms with Gasteiger partial charge < -0.3 is 16.0 Å². The molecule has 0 amide bonds. The van der Waals surface area contributed by atoms with Crippen molar-refractivity contribution in [1.82, 2.24) is 9.97 Å². The summed E-state index contributed by atoms with van der Waals surface area (Å²) in [4.78, 5) is 10.5. The van der Waals surface area contributed by atoms with Crippen molar-refractivity contribution >= 4 is 11.8 Å². The van der Waals surface area contributed by atoms with Crippen molar-refractivity contribution in [1.29, 1.82) is 0 Å². The summed E-state index contributed by atoms with van der Waals surface area (Å²) in [5.41, 5.74) is 5.44. The SMILES string of the molecule is CN(C)c1nccc(NCCCCCCN)n1. The summed E-state index contributed by atoms with van der Waals surface area (Å²) < 4.78 is 0. The Hall–Kier alpha value is -1.36. The normalized spacial score (nSPS) is 10.3. The van der Waals surface area contributed by atoms with Crippen molar-refractivity contribution < 1.29 is 0 Å². The zero-order chi connectivity index (χ0) is 12.5. The van der Waals surface area contributed by atoms with Crippen molar-refractivity contribution in [2.24, 2.45) is 5.73 Å². The molecule has 0 radical (unpaired) electrons. The van der Waals surface area contributed by atoms with Gasteiger partial charge in [0, 0.05) is 26.8 Å². The van der Waals surface area contributed by atoms with Gasteiger partial charge in [-0.15, -0.1) is 0 Å². The molecule has 0 aliphatic heterocycles. The van der Waals surface area contributed by atoms with Crippen LogP contribution in [0.5, 0.6) is 0 Å². The summed E-state index contributed by atoms with van der Waals surface area (Å²) in [5.74, 6) is 1.63. The average Bonchev–Trinajstić information content (AvgIpc) is 2.34. The molecule has 1 aromatic rings. The first-order valence-corrected chi connectivity index (χ1v) is 6.18. The summed E-state index contributed by atoms with van der Waals surface area (Å²) in [6.07, 6.45) is 6.49. The van der Waals surface area contributed by atoms with E-state index in [1.807, 2.05) is 25.1 Å². The third-order valence-electron chi connectivity index (χ3n) is 2.48. The Kier molecular flexibility index (Phi) is 6.32. The van der Waals surface area contributed by atoms with Crippen molar-refractivity contribution in [3.63, 3.8) is 0 Å². The molecule has 0 aliphatic rings. The molecule has 1 heterocycles. The molecule has 96 valence electrons. The highest BCUT2D eigenvalue weighted by atomic mass is 15.2. The van der Waals surface area contributed by atoms with Crippen molar-refractivity contribution in [2.45, 2.75) is 25.7 Å². The van der Waals surface area contributed by atoms with Gasteiger partial charge in [0.25, 0.3) is 0 Å². The third kappa shape index (κ3) is 5.49. The number of aromatic nitrogens is 2. The summed E-state index contributed by atoms with van der Waals surface area (Å²) in [6.45, 7) is 1.75. The highest BCUT2D eigenvalue weighted by Crippen LogP contribution is 2.08. The number of unbranched alkanes of at least 4 members (excludes halogenated alkanes) is 3. The Morgan fingerprint density at radius 2 is 2.00 bits per heavy atom. The van der Waals surface area contributed by atoms with Crippen LogP contribution in [0.2, 0.25) is 0 Å².